The largest absolute Gasteiger partial charge is 0.457 e. The maximum Gasteiger partial charge on any atom is 0.0266 e. The van der Waals surface area contributed by atoms with Gasteiger partial charge in [0.1, 0.15) is 0 Å². The van der Waals surface area contributed by atoms with Crippen LogP contribution in [-0.4, -0.2) is 10.9 Å². The van der Waals surface area contributed by atoms with E-state index in [0.717, 1.165) is 0 Å². The molecule has 0 aliphatic carbocycles. The van der Waals surface area contributed by atoms with Crippen molar-refractivity contribution in [2.45, 2.75) is 4.90 Å². The van der Waals surface area contributed by atoms with Crippen molar-refractivity contribution in [2.75, 3.05) is 0 Å². The van der Waals surface area contributed by atoms with E-state index in [9.17, 15) is 4.21 Å². The molecule has 0 spiro atoms. The van der Waals surface area contributed by atoms with Gasteiger partial charge in [0.25, 0.3) is 0 Å². The smallest absolute Gasteiger partial charge is 0.0266 e. The summed E-state index contributed by atoms with van der Waals surface area (Å²) in [5.41, 5.74) is 0. The monoisotopic (exact) mass is 140 g/mol. The van der Waals surface area contributed by atoms with E-state index in [1.54, 1.807) is 24.5 Å². The van der Waals surface area contributed by atoms with Gasteiger partial charge >= 0.3 is 0 Å². The van der Waals surface area contributed by atoms with Gasteiger partial charge in [0, 0.05) is 12.4 Å². The minimum atomic E-state index is -1.14. The fraction of sp³-hybridized carbons (Fsp3) is 0. The number of rotatable bonds is 1. The van der Waals surface area contributed by atoms with E-state index in [1.807, 2.05) is 0 Å². The summed E-state index contributed by atoms with van der Waals surface area (Å²) in [6.45, 7) is 0. The zero-order valence-electron chi connectivity index (χ0n) is 4.78. The SMILES string of the molecule is C=[S-](=O)c1cccnc1. The Morgan fingerprint density at radius 2 is 2.44 bits per heavy atom. The fourth-order valence-electron chi connectivity index (χ4n) is 0.482. The van der Waals surface area contributed by atoms with Crippen LogP contribution in [0.3, 0.4) is 0 Å². The molecule has 0 aromatic carbocycles. The van der Waals surface area contributed by atoms with Gasteiger partial charge in [0.15, 0.2) is 0 Å². The van der Waals surface area contributed by atoms with Gasteiger partial charge in [0.2, 0.25) is 0 Å². The Morgan fingerprint density at radius 1 is 1.67 bits per heavy atom. The molecule has 48 valence electrons. The van der Waals surface area contributed by atoms with Gasteiger partial charge < -0.3 is 4.21 Å². The summed E-state index contributed by atoms with van der Waals surface area (Å²) in [6.07, 6.45) is 3.18. The molecule has 0 saturated carbocycles. The first-order valence-corrected chi connectivity index (χ1v) is 3.74. The van der Waals surface area contributed by atoms with Gasteiger partial charge in [-0.3, -0.25) is 4.98 Å². The van der Waals surface area contributed by atoms with E-state index in [0.29, 0.717) is 4.90 Å². The quantitative estimate of drug-likeness (QED) is 0.427. The summed E-state index contributed by atoms with van der Waals surface area (Å²) >= 11 is 0. The summed E-state index contributed by atoms with van der Waals surface area (Å²) < 4.78 is 10.6. The van der Waals surface area contributed by atoms with Gasteiger partial charge in [-0.2, -0.15) is 5.87 Å². The van der Waals surface area contributed by atoms with Crippen LogP contribution in [0.1, 0.15) is 0 Å². The summed E-state index contributed by atoms with van der Waals surface area (Å²) in [5, 5.41) is 0. The number of aromatic nitrogens is 1. The van der Waals surface area contributed by atoms with Crippen LogP contribution in [0.25, 0.3) is 0 Å². The Morgan fingerprint density at radius 3 is 2.78 bits per heavy atom. The molecule has 0 radical (unpaired) electrons. The van der Waals surface area contributed by atoms with E-state index in [2.05, 4.69) is 10.9 Å². The predicted octanol–water partition coefficient (Wildman–Crippen LogP) is 0.836. The Bertz CT molecular complexity index is 245. The lowest BCUT2D eigenvalue weighted by atomic mass is 10.5. The van der Waals surface area contributed by atoms with E-state index >= 15 is 0 Å². The van der Waals surface area contributed by atoms with Crippen molar-refractivity contribution in [3.05, 3.63) is 24.5 Å². The lowest BCUT2D eigenvalue weighted by molar-refractivity contribution is 0.603. The molecule has 0 aliphatic rings. The van der Waals surface area contributed by atoms with Crippen molar-refractivity contribution in [3.8, 4) is 0 Å². The molecule has 0 saturated heterocycles. The number of nitrogens with zero attached hydrogens (tertiary/aromatic N) is 1. The lowest BCUT2D eigenvalue weighted by Gasteiger charge is -1.97. The van der Waals surface area contributed by atoms with Crippen LogP contribution in [0.5, 0.6) is 0 Å². The van der Waals surface area contributed by atoms with Crippen LogP contribution < -0.4 is 0 Å². The maximum absolute atomic E-state index is 10.6. The van der Waals surface area contributed by atoms with Crippen LogP contribution >= 0.6 is 0 Å². The second kappa shape index (κ2) is 2.64. The van der Waals surface area contributed by atoms with Crippen molar-refractivity contribution >= 4 is 16.3 Å². The molecule has 3 heteroatoms. The van der Waals surface area contributed by atoms with Crippen LogP contribution in [-0.2, 0) is 14.6 Å². The lowest BCUT2D eigenvalue weighted by Crippen LogP contribution is -1.77. The molecule has 1 aromatic heterocycles. The third-order valence-corrected chi connectivity index (χ3v) is 1.66. The molecule has 0 amide bonds. The summed E-state index contributed by atoms with van der Waals surface area (Å²) in [4.78, 5) is 4.44. The highest BCUT2D eigenvalue weighted by atomic mass is 32.2. The number of hydrogen-bond acceptors (Lipinski definition) is 3. The normalized spacial score (nSPS) is 9.89. The average Bonchev–Trinajstić information content (AvgIpc) is 1.90. The Labute approximate surface area is 55.6 Å². The van der Waals surface area contributed by atoms with E-state index in [1.165, 1.54) is 0 Å². The van der Waals surface area contributed by atoms with Gasteiger partial charge in [-0.15, -0.1) is 0 Å². The van der Waals surface area contributed by atoms with E-state index < -0.39 is 10.4 Å². The van der Waals surface area contributed by atoms with Crippen molar-refractivity contribution in [1.82, 2.24) is 4.98 Å². The molecule has 0 atom stereocenters. The predicted molar refractivity (Wildman–Crippen MR) is 37.7 cm³/mol. The Kier molecular flexibility index (Phi) is 1.85. The minimum absolute atomic E-state index is 0.664. The third kappa shape index (κ3) is 1.54. The van der Waals surface area contributed by atoms with E-state index in [4.69, 9.17) is 0 Å². The first kappa shape index (κ1) is 6.29. The van der Waals surface area contributed by atoms with Crippen molar-refractivity contribution in [2.24, 2.45) is 0 Å². The van der Waals surface area contributed by atoms with Gasteiger partial charge in [-0.1, -0.05) is 11.0 Å². The molecule has 1 heterocycles. The third-order valence-electron chi connectivity index (χ3n) is 0.897. The topological polar surface area (TPSA) is 30.0 Å². The molecule has 9 heavy (non-hydrogen) atoms. The molecule has 0 unspecified atom stereocenters. The number of pyridine rings is 1. The van der Waals surface area contributed by atoms with Crippen LogP contribution in [0.4, 0.5) is 0 Å². The van der Waals surface area contributed by atoms with Crippen LogP contribution in [0.2, 0.25) is 0 Å². The first-order chi connectivity index (χ1) is 4.30. The first-order valence-electron chi connectivity index (χ1n) is 2.42. The molecule has 0 fully saturated rings. The molecule has 0 bridgehead atoms. The fourth-order valence-corrected chi connectivity index (χ4v) is 0.891. The average molecular weight is 140 g/mol. The second-order valence-corrected chi connectivity index (χ2v) is 2.70. The van der Waals surface area contributed by atoms with Crippen LogP contribution in [0.15, 0.2) is 29.4 Å². The molecular weight excluding hydrogens is 134 g/mol. The molecule has 0 aliphatic heterocycles. The molecule has 1 rings (SSSR count). The summed E-state index contributed by atoms with van der Waals surface area (Å²) in [5.74, 6) is 3.34. The van der Waals surface area contributed by atoms with Gasteiger partial charge in [-0.25, -0.2) is 10.4 Å². The molecule has 1 aromatic rings. The molecular formula is C6H6NOS-. The van der Waals surface area contributed by atoms with Crippen molar-refractivity contribution in [3.63, 3.8) is 0 Å². The summed E-state index contributed by atoms with van der Waals surface area (Å²) in [6, 6.07) is 3.47. The maximum atomic E-state index is 10.6. The summed E-state index contributed by atoms with van der Waals surface area (Å²) in [7, 11) is -1.14. The molecule has 2 nitrogen and oxygen atoms in total. The highest BCUT2D eigenvalue weighted by Gasteiger charge is 1.73. The standard InChI is InChI=1S/C6H6NOS/c1-9(8)6-3-2-4-7-5-6/h2-5H,1H2/q-1. The zero-order valence-corrected chi connectivity index (χ0v) is 5.60. The highest BCUT2D eigenvalue weighted by molar-refractivity contribution is 7.82. The van der Waals surface area contributed by atoms with Crippen molar-refractivity contribution in [1.29, 1.82) is 0 Å². The Hall–Kier alpha value is -0.830. The molecule has 0 N–H and O–H groups in total. The minimum Gasteiger partial charge on any atom is -0.457 e. The van der Waals surface area contributed by atoms with E-state index in [-0.39, 0.29) is 0 Å². The van der Waals surface area contributed by atoms with Gasteiger partial charge in [-0.05, 0) is 6.07 Å². The van der Waals surface area contributed by atoms with Gasteiger partial charge in [0.05, 0.1) is 0 Å². The Balaban J connectivity index is 3.13. The second-order valence-electron chi connectivity index (χ2n) is 1.53. The van der Waals surface area contributed by atoms with Crippen LogP contribution in [0, 0.1) is 0 Å². The highest BCUT2D eigenvalue weighted by Crippen LogP contribution is 1.94. The van der Waals surface area contributed by atoms with Crippen molar-refractivity contribution < 1.29 is 4.21 Å². The number of hydrogen-bond donors (Lipinski definition) is 0. The zero-order chi connectivity index (χ0) is 6.69.